The Hall–Kier alpha value is -2.98. The zero-order valence-electron chi connectivity index (χ0n) is 18.9. The normalized spacial score (nSPS) is 17.2. The summed E-state index contributed by atoms with van der Waals surface area (Å²) < 4.78 is 49.7. The van der Waals surface area contributed by atoms with E-state index in [1.165, 1.54) is 19.2 Å². The molecule has 178 valence electrons. The van der Waals surface area contributed by atoms with Gasteiger partial charge in [-0.2, -0.15) is 4.31 Å². The van der Waals surface area contributed by atoms with Crippen LogP contribution in [-0.2, 0) is 21.2 Å². The molecule has 0 bridgehead atoms. The first-order valence-electron chi connectivity index (χ1n) is 10.9. The van der Waals surface area contributed by atoms with E-state index in [-0.39, 0.29) is 17.5 Å². The average Bonchev–Trinajstić information content (AvgIpc) is 2.97. The van der Waals surface area contributed by atoms with Crippen LogP contribution in [0.1, 0.15) is 25.8 Å². The van der Waals surface area contributed by atoms with E-state index >= 15 is 0 Å². The van der Waals surface area contributed by atoms with Crippen LogP contribution in [-0.4, -0.2) is 58.1 Å². The number of fused-ring (bicyclic) bond motifs is 2. The molecule has 0 aromatic heterocycles. The zero-order chi connectivity index (χ0) is 23.6. The third kappa shape index (κ3) is 5.01. The monoisotopic (exact) mass is 476 g/mol. The largest absolute Gasteiger partial charge is 0.492 e. The Bertz CT molecular complexity index is 1150. The maximum Gasteiger partial charge on any atom is 0.243 e. The predicted molar refractivity (Wildman–Crippen MR) is 122 cm³/mol. The van der Waals surface area contributed by atoms with E-state index in [1.807, 2.05) is 19.9 Å². The maximum atomic E-state index is 13.1. The van der Waals surface area contributed by atoms with Crippen LogP contribution >= 0.6 is 0 Å². The Morgan fingerprint density at radius 1 is 1.15 bits per heavy atom. The van der Waals surface area contributed by atoms with Crippen molar-refractivity contribution in [2.24, 2.45) is 0 Å². The van der Waals surface area contributed by atoms with E-state index in [0.29, 0.717) is 54.9 Å². The van der Waals surface area contributed by atoms with Crippen LogP contribution in [0.2, 0.25) is 0 Å². The van der Waals surface area contributed by atoms with E-state index in [1.54, 1.807) is 12.1 Å². The molecule has 10 heteroatoms. The van der Waals surface area contributed by atoms with Gasteiger partial charge in [-0.25, -0.2) is 8.42 Å². The van der Waals surface area contributed by atoms with E-state index < -0.39 is 15.9 Å². The summed E-state index contributed by atoms with van der Waals surface area (Å²) in [5.41, 5.74) is 1.45. The van der Waals surface area contributed by atoms with Gasteiger partial charge in [-0.1, -0.05) is 0 Å². The van der Waals surface area contributed by atoms with Crippen molar-refractivity contribution < 1.29 is 32.2 Å². The third-order valence-electron chi connectivity index (χ3n) is 5.37. The van der Waals surface area contributed by atoms with E-state index in [4.69, 9.17) is 18.9 Å². The molecule has 0 saturated heterocycles. The van der Waals surface area contributed by atoms with Crippen LogP contribution in [0.4, 0.5) is 5.69 Å². The summed E-state index contributed by atoms with van der Waals surface area (Å²) in [6.07, 6.45) is 1.53. The molecule has 1 unspecified atom stereocenters. The third-order valence-corrected chi connectivity index (χ3v) is 7.16. The fourth-order valence-electron chi connectivity index (χ4n) is 3.77. The fourth-order valence-corrected chi connectivity index (χ4v) is 4.92. The first-order chi connectivity index (χ1) is 15.8. The maximum absolute atomic E-state index is 13.1. The lowest BCUT2D eigenvalue weighted by molar-refractivity contribution is -0.116. The summed E-state index contributed by atoms with van der Waals surface area (Å²) in [6, 6.07) is 8.03. The van der Waals surface area contributed by atoms with Gasteiger partial charge >= 0.3 is 0 Å². The quantitative estimate of drug-likeness (QED) is 0.655. The highest BCUT2D eigenvalue weighted by Gasteiger charge is 2.27. The van der Waals surface area contributed by atoms with Gasteiger partial charge in [0.2, 0.25) is 15.9 Å². The molecular weight excluding hydrogens is 448 g/mol. The number of ether oxygens (including phenoxy) is 4. The number of hydrogen-bond donors (Lipinski definition) is 1. The van der Waals surface area contributed by atoms with Gasteiger partial charge < -0.3 is 24.3 Å². The average molecular weight is 477 g/mol. The number of sulfonamides is 1. The van der Waals surface area contributed by atoms with E-state index in [0.717, 1.165) is 16.3 Å². The minimum absolute atomic E-state index is 0.0250. The molecule has 4 rings (SSSR count). The molecule has 2 aliphatic heterocycles. The van der Waals surface area contributed by atoms with Crippen molar-refractivity contribution in [1.82, 2.24) is 4.31 Å². The Morgan fingerprint density at radius 2 is 1.91 bits per heavy atom. The molecule has 9 nitrogen and oxygen atoms in total. The second-order valence-corrected chi connectivity index (χ2v) is 10.0. The fraction of sp³-hybridized carbons (Fsp3) is 0.435. The number of likely N-dealkylation sites (N-methyl/N-ethyl adjacent to an activating group) is 1. The standard InChI is InChI=1S/C23H28N2O7S/c1-4-29-21-11-16-10-15(2)32-20(16)13-18(21)24-23(26)14-25(3)33(27,28)17-6-7-19-22(12-17)31-9-5-8-30-19/h6-7,11-13,15H,4-5,8-10,14H2,1-3H3,(H,24,26). The van der Waals surface area contributed by atoms with Crippen molar-refractivity contribution >= 4 is 21.6 Å². The minimum atomic E-state index is -3.93. The number of nitrogens with zero attached hydrogens (tertiary/aromatic N) is 1. The lowest BCUT2D eigenvalue weighted by atomic mass is 10.1. The van der Waals surface area contributed by atoms with Gasteiger partial charge in [0.25, 0.3) is 0 Å². The summed E-state index contributed by atoms with van der Waals surface area (Å²) in [6.45, 7) is 4.83. The van der Waals surface area contributed by atoms with Crippen molar-refractivity contribution in [3.05, 3.63) is 35.9 Å². The van der Waals surface area contributed by atoms with Gasteiger partial charge in [0, 0.05) is 37.6 Å². The Kier molecular flexibility index (Phi) is 6.66. The SMILES string of the molecule is CCOc1cc2c(cc1NC(=O)CN(C)S(=O)(=O)c1ccc3c(c1)OCCCO3)OC(C)C2. The van der Waals surface area contributed by atoms with Gasteiger partial charge in [-0.05, 0) is 32.0 Å². The van der Waals surface area contributed by atoms with Gasteiger partial charge in [0.05, 0.1) is 36.9 Å². The molecule has 0 spiro atoms. The van der Waals surface area contributed by atoms with Crippen LogP contribution < -0.4 is 24.3 Å². The van der Waals surface area contributed by atoms with E-state index in [2.05, 4.69) is 5.32 Å². The Balaban J connectivity index is 1.49. The van der Waals surface area contributed by atoms with Crippen molar-refractivity contribution in [3.63, 3.8) is 0 Å². The lowest BCUT2D eigenvalue weighted by Crippen LogP contribution is -2.35. The molecule has 2 aliphatic rings. The Labute approximate surface area is 193 Å². The number of carbonyl (C=O) groups is 1. The van der Waals surface area contributed by atoms with Gasteiger partial charge in [-0.3, -0.25) is 4.79 Å². The van der Waals surface area contributed by atoms with Crippen molar-refractivity contribution in [3.8, 4) is 23.0 Å². The highest BCUT2D eigenvalue weighted by atomic mass is 32.2. The summed E-state index contributed by atoms with van der Waals surface area (Å²) >= 11 is 0. The van der Waals surface area contributed by atoms with Gasteiger partial charge in [-0.15, -0.1) is 0 Å². The molecule has 0 saturated carbocycles. The number of rotatable bonds is 7. The van der Waals surface area contributed by atoms with Crippen molar-refractivity contribution in [1.29, 1.82) is 0 Å². The molecule has 1 N–H and O–H groups in total. The van der Waals surface area contributed by atoms with Gasteiger partial charge in [0.1, 0.15) is 17.6 Å². The van der Waals surface area contributed by atoms with Crippen LogP contribution in [0.5, 0.6) is 23.0 Å². The van der Waals surface area contributed by atoms with E-state index in [9.17, 15) is 13.2 Å². The smallest absolute Gasteiger partial charge is 0.243 e. The molecule has 0 aliphatic carbocycles. The van der Waals surface area contributed by atoms with Crippen molar-refractivity contribution in [2.75, 3.05) is 38.7 Å². The van der Waals surface area contributed by atoms with Crippen molar-refractivity contribution in [2.45, 2.75) is 37.7 Å². The second kappa shape index (κ2) is 9.48. The van der Waals surface area contributed by atoms with Crippen LogP contribution in [0.3, 0.4) is 0 Å². The molecular formula is C23H28N2O7S. The molecule has 33 heavy (non-hydrogen) atoms. The molecule has 1 amide bonds. The Morgan fingerprint density at radius 3 is 2.67 bits per heavy atom. The summed E-state index contributed by atoms with van der Waals surface area (Å²) in [5, 5.41) is 2.76. The highest BCUT2D eigenvalue weighted by Crippen LogP contribution is 2.38. The molecule has 2 aromatic rings. The van der Waals surface area contributed by atoms with Crippen LogP contribution in [0, 0.1) is 0 Å². The molecule has 0 fully saturated rings. The van der Waals surface area contributed by atoms with Gasteiger partial charge in [0.15, 0.2) is 11.5 Å². The van der Waals surface area contributed by atoms with Crippen LogP contribution in [0.15, 0.2) is 35.2 Å². The number of anilines is 1. The molecule has 2 heterocycles. The summed E-state index contributed by atoms with van der Waals surface area (Å²) in [5.74, 6) is 1.59. The topological polar surface area (TPSA) is 103 Å². The zero-order valence-corrected chi connectivity index (χ0v) is 19.7. The number of hydrogen-bond acceptors (Lipinski definition) is 7. The molecule has 2 aromatic carbocycles. The molecule has 1 atom stereocenters. The minimum Gasteiger partial charge on any atom is -0.492 e. The first kappa shape index (κ1) is 23.2. The van der Waals surface area contributed by atoms with Crippen LogP contribution in [0.25, 0.3) is 0 Å². The first-order valence-corrected chi connectivity index (χ1v) is 12.3. The number of carbonyl (C=O) groups excluding carboxylic acids is 1. The number of amides is 1. The summed E-state index contributed by atoms with van der Waals surface area (Å²) in [4.78, 5) is 12.8. The second-order valence-electron chi connectivity index (χ2n) is 7.99. The molecule has 0 radical (unpaired) electrons. The highest BCUT2D eigenvalue weighted by molar-refractivity contribution is 7.89. The predicted octanol–water partition coefficient (Wildman–Crippen LogP) is 2.83. The lowest BCUT2D eigenvalue weighted by Gasteiger charge is -2.19. The number of benzene rings is 2. The number of nitrogens with one attached hydrogen (secondary N) is 1. The summed E-state index contributed by atoms with van der Waals surface area (Å²) in [7, 11) is -2.57.